The van der Waals surface area contributed by atoms with Crippen molar-refractivity contribution in [2.45, 2.75) is 71.1 Å². The number of aliphatic hydroxyl groups is 1. The molecule has 0 bridgehead atoms. The van der Waals surface area contributed by atoms with E-state index in [1.807, 2.05) is 0 Å². The maximum Gasteiger partial charge on any atom is 0.0431 e. The highest BCUT2D eigenvalue weighted by Crippen LogP contribution is 2.07. The van der Waals surface area contributed by atoms with Crippen molar-refractivity contribution >= 4 is 0 Å². The molecule has 0 amide bonds. The fourth-order valence-electron chi connectivity index (χ4n) is 1.91. The minimum atomic E-state index is 0.352. The lowest BCUT2D eigenvalue weighted by molar-refractivity contribution is 0.282. The van der Waals surface area contributed by atoms with Crippen LogP contribution in [0.15, 0.2) is 36.5 Å². The molecule has 0 heterocycles. The minimum absolute atomic E-state index is 0.352. The van der Waals surface area contributed by atoms with E-state index in [1.165, 1.54) is 38.5 Å². The molecule has 1 nitrogen and oxygen atoms in total. The van der Waals surface area contributed by atoms with Gasteiger partial charge in [-0.25, -0.2) is 0 Å². The van der Waals surface area contributed by atoms with Gasteiger partial charge in [0.2, 0.25) is 0 Å². The second-order valence-corrected chi connectivity index (χ2v) is 4.93. The molecule has 0 aromatic heterocycles. The SMILES string of the molecule is CC/C=C\C/C=C/C/C=C/CCCCCCCCO. The van der Waals surface area contributed by atoms with Crippen molar-refractivity contribution in [3.63, 3.8) is 0 Å². The van der Waals surface area contributed by atoms with Gasteiger partial charge in [-0.1, -0.05) is 69.1 Å². The summed E-state index contributed by atoms with van der Waals surface area (Å²) in [5.41, 5.74) is 0. The van der Waals surface area contributed by atoms with E-state index >= 15 is 0 Å². The van der Waals surface area contributed by atoms with Gasteiger partial charge >= 0.3 is 0 Å². The van der Waals surface area contributed by atoms with Crippen LogP contribution in [0.2, 0.25) is 0 Å². The van der Waals surface area contributed by atoms with E-state index in [0.29, 0.717) is 6.61 Å². The van der Waals surface area contributed by atoms with Crippen molar-refractivity contribution in [3.8, 4) is 0 Å². The third kappa shape index (κ3) is 17.2. The zero-order valence-electron chi connectivity index (χ0n) is 12.7. The average molecular weight is 264 g/mol. The average Bonchev–Trinajstić information content (AvgIpc) is 2.43. The van der Waals surface area contributed by atoms with Gasteiger partial charge < -0.3 is 5.11 Å². The van der Waals surface area contributed by atoms with Gasteiger partial charge in [-0.2, -0.15) is 0 Å². The second kappa shape index (κ2) is 17.2. The molecule has 0 fully saturated rings. The molecular formula is C18H32O. The molecule has 1 N–H and O–H groups in total. The zero-order chi connectivity index (χ0) is 14.0. The summed E-state index contributed by atoms with van der Waals surface area (Å²) in [4.78, 5) is 0. The van der Waals surface area contributed by atoms with Crippen LogP contribution in [0.3, 0.4) is 0 Å². The summed E-state index contributed by atoms with van der Waals surface area (Å²) in [6, 6.07) is 0. The Labute approximate surface area is 120 Å². The lowest BCUT2D eigenvalue weighted by Crippen LogP contribution is -1.83. The van der Waals surface area contributed by atoms with Gasteiger partial charge in [0, 0.05) is 6.61 Å². The third-order valence-electron chi connectivity index (χ3n) is 3.06. The van der Waals surface area contributed by atoms with Crippen LogP contribution in [-0.4, -0.2) is 11.7 Å². The molecule has 0 aromatic carbocycles. The number of hydrogen-bond donors (Lipinski definition) is 1. The fraction of sp³-hybridized carbons (Fsp3) is 0.667. The van der Waals surface area contributed by atoms with E-state index in [0.717, 1.165) is 25.7 Å². The molecule has 0 saturated heterocycles. The van der Waals surface area contributed by atoms with Gasteiger partial charge in [-0.05, 0) is 38.5 Å². The number of rotatable bonds is 13. The number of aliphatic hydroxyl groups excluding tert-OH is 1. The van der Waals surface area contributed by atoms with Crippen LogP contribution in [-0.2, 0) is 0 Å². The van der Waals surface area contributed by atoms with E-state index < -0.39 is 0 Å². The van der Waals surface area contributed by atoms with Crippen molar-refractivity contribution < 1.29 is 5.11 Å². The Kier molecular flexibility index (Phi) is 16.4. The van der Waals surface area contributed by atoms with Crippen LogP contribution in [0, 0.1) is 0 Å². The highest BCUT2D eigenvalue weighted by atomic mass is 16.2. The van der Waals surface area contributed by atoms with E-state index in [4.69, 9.17) is 5.11 Å². The summed E-state index contributed by atoms with van der Waals surface area (Å²) >= 11 is 0. The van der Waals surface area contributed by atoms with Gasteiger partial charge in [0.25, 0.3) is 0 Å². The molecule has 0 radical (unpaired) electrons. The molecule has 0 unspecified atom stereocenters. The summed E-state index contributed by atoms with van der Waals surface area (Å²) in [6.07, 6.45) is 25.3. The minimum Gasteiger partial charge on any atom is -0.396 e. The topological polar surface area (TPSA) is 20.2 Å². The lowest BCUT2D eigenvalue weighted by atomic mass is 10.1. The Bertz CT molecular complexity index is 238. The van der Waals surface area contributed by atoms with Gasteiger partial charge in [0.1, 0.15) is 0 Å². The number of unbranched alkanes of at least 4 members (excludes halogenated alkanes) is 6. The summed E-state index contributed by atoms with van der Waals surface area (Å²) in [7, 11) is 0. The molecule has 0 aliphatic rings. The van der Waals surface area contributed by atoms with Crippen LogP contribution in [0.5, 0.6) is 0 Å². The first kappa shape index (κ1) is 18.2. The molecule has 0 atom stereocenters. The molecule has 0 aliphatic heterocycles. The van der Waals surface area contributed by atoms with Crippen molar-refractivity contribution in [1.82, 2.24) is 0 Å². The Morgan fingerprint density at radius 2 is 1.16 bits per heavy atom. The standard InChI is InChI=1S/C18H32O/c1-2-3-4-5-6-7-8-9-10-11-12-13-14-15-16-17-18-19/h3-4,6-7,9-10,19H,2,5,8,11-18H2,1H3/b4-3-,7-6+,10-9+. The quantitative estimate of drug-likeness (QED) is 0.340. The summed E-state index contributed by atoms with van der Waals surface area (Å²) in [5, 5.41) is 8.65. The van der Waals surface area contributed by atoms with Crippen molar-refractivity contribution in [1.29, 1.82) is 0 Å². The number of allylic oxidation sites excluding steroid dienone is 6. The first-order valence-electron chi connectivity index (χ1n) is 7.97. The first-order valence-corrected chi connectivity index (χ1v) is 7.97. The highest BCUT2D eigenvalue weighted by molar-refractivity contribution is 4.96. The normalized spacial score (nSPS) is 12.3. The molecule has 0 rings (SSSR count). The molecule has 110 valence electrons. The highest BCUT2D eigenvalue weighted by Gasteiger charge is 1.89. The second-order valence-electron chi connectivity index (χ2n) is 4.93. The van der Waals surface area contributed by atoms with Crippen LogP contribution in [0.1, 0.15) is 71.1 Å². The Hall–Kier alpha value is -0.820. The van der Waals surface area contributed by atoms with Crippen LogP contribution >= 0.6 is 0 Å². The van der Waals surface area contributed by atoms with E-state index in [1.54, 1.807) is 0 Å². The number of hydrogen-bond acceptors (Lipinski definition) is 1. The largest absolute Gasteiger partial charge is 0.396 e. The molecule has 0 spiro atoms. The Morgan fingerprint density at radius 1 is 0.632 bits per heavy atom. The van der Waals surface area contributed by atoms with E-state index in [2.05, 4.69) is 43.4 Å². The molecule has 0 aromatic rings. The van der Waals surface area contributed by atoms with Gasteiger partial charge in [-0.3, -0.25) is 0 Å². The lowest BCUT2D eigenvalue weighted by Gasteiger charge is -1.98. The van der Waals surface area contributed by atoms with Gasteiger partial charge in [0.05, 0.1) is 0 Å². The molecule has 19 heavy (non-hydrogen) atoms. The monoisotopic (exact) mass is 264 g/mol. The summed E-state index contributed by atoms with van der Waals surface area (Å²) in [5.74, 6) is 0. The fourth-order valence-corrected chi connectivity index (χ4v) is 1.91. The van der Waals surface area contributed by atoms with E-state index in [9.17, 15) is 0 Å². The zero-order valence-corrected chi connectivity index (χ0v) is 12.7. The molecule has 1 heteroatoms. The predicted molar refractivity (Wildman–Crippen MR) is 86.3 cm³/mol. The van der Waals surface area contributed by atoms with Crippen molar-refractivity contribution in [2.75, 3.05) is 6.61 Å². The predicted octanol–water partition coefficient (Wildman–Crippen LogP) is 5.57. The van der Waals surface area contributed by atoms with Crippen LogP contribution < -0.4 is 0 Å². The van der Waals surface area contributed by atoms with Crippen LogP contribution in [0.25, 0.3) is 0 Å². The maximum atomic E-state index is 8.65. The van der Waals surface area contributed by atoms with Crippen LogP contribution in [0.4, 0.5) is 0 Å². The third-order valence-corrected chi connectivity index (χ3v) is 3.06. The van der Waals surface area contributed by atoms with E-state index in [-0.39, 0.29) is 0 Å². The van der Waals surface area contributed by atoms with Crippen molar-refractivity contribution in [3.05, 3.63) is 36.5 Å². The van der Waals surface area contributed by atoms with Crippen molar-refractivity contribution in [2.24, 2.45) is 0 Å². The molecule has 0 saturated carbocycles. The first-order chi connectivity index (χ1) is 9.41. The van der Waals surface area contributed by atoms with Gasteiger partial charge in [-0.15, -0.1) is 0 Å². The molecule has 0 aliphatic carbocycles. The summed E-state index contributed by atoms with van der Waals surface area (Å²) < 4.78 is 0. The summed E-state index contributed by atoms with van der Waals surface area (Å²) in [6.45, 7) is 2.51. The maximum absolute atomic E-state index is 8.65. The molecular weight excluding hydrogens is 232 g/mol. The smallest absolute Gasteiger partial charge is 0.0431 e. The van der Waals surface area contributed by atoms with Gasteiger partial charge in [0.15, 0.2) is 0 Å². The Morgan fingerprint density at radius 3 is 1.79 bits per heavy atom. The Balaban J connectivity index is 3.19.